The van der Waals surface area contributed by atoms with Gasteiger partial charge in [0.05, 0.1) is 0 Å². The fourth-order valence-corrected chi connectivity index (χ4v) is 0.907. The quantitative estimate of drug-likeness (QED) is 0.673. The molecule has 1 atom stereocenters. The molecule has 0 spiro atoms. The summed E-state index contributed by atoms with van der Waals surface area (Å²) in [5, 5.41) is 9.37. The molecule has 0 amide bonds. The lowest BCUT2D eigenvalue weighted by Gasteiger charge is -2.02. The third-order valence-electron chi connectivity index (χ3n) is 1.48. The van der Waals surface area contributed by atoms with Crippen LogP contribution in [-0.2, 0) is 0 Å². The molecular weight excluding hydrogens is 140 g/mol. The van der Waals surface area contributed by atoms with E-state index in [9.17, 15) is 5.11 Å². The van der Waals surface area contributed by atoms with E-state index in [1.165, 1.54) is 0 Å². The molecule has 0 aromatic carbocycles. The van der Waals surface area contributed by atoms with Crippen LogP contribution in [0.2, 0.25) is 0 Å². The Hall–Kier alpha value is -1.02. The number of hydrogen-bond acceptors (Lipinski definition) is 2. The second-order valence-electron chi connectivity index (χ2n) is 2.49. The Balaban J connectivity index is 2.67. The van der Waals surface area contributed by atoms with Crippen LogP contribution in [0.3, 0.4) is 0 Å². The Kier molecular flexibility index (Phi) is 2.49. The van der Waals surface area contributed by atoms with Gasteiger partial charge in [-0.1, -0.05) is 6.08 Å². The Labute approximate surface area is 66.2 Å². The van der Waals surface area contributed by atoms with Gasteiger partial charge in [0.25, 0.3) is 0 Å². The molecule has 0 unspecified atom stereocenters. The normalized spacial score (nSPS) is 12.9. The minimum Gasteiger partial charge on any atom is -0.464 e. The summed E-state index contributed by atoms with van der Waals surface area (Å²) >= 11 is 0. The molecule has 0 aliphatic heterocycles. The molecule has 1 aromatic heterocycles. The Morgan fingerprint density at radius 1 is 1.73 bits per heavy atom. The van der Waals surface area contributed by atoms with E-state index in [-0.39, 0.29) is 0 Å². The van der Waals surface area contributed by atoms with Crippen LogP contribution in [0.15, 0.2) is 29.2 Å². The van der Waals surface area contributed by atoms with E-state index in [0.29, 0.717) is 12.2 Å². The summed E-state index contributed by atoms with van der Waals surface area (Å²) in [6.07, 6.45) is 1.66. The zero-order valence-electron chi connectivity index (χ0n) is 6.58. The monoisotopic (exact) mass is 152 g/mol. The summed E-state index contributed by atoms with van der Waals surface area (Å²) < 4.78 is 5.20. The van der Waals surface area contributed by atoms with E-state index in [1.54, 1.807) is 12.1 Å². The average Bonchev–Trinajstić information content (AvgIpc) is 2.36. The lowest BCUT2D eigenvalue weighted by molar-refractivity contribution is 0.151. The smallest absolute Gasteiger partial charge is 0.132 e. The first kappa shape index (κ1) is 8.08. The first-order chi connectivity index (χ1) is 5.24. The highest BCUT2D eigenvalue weighted by molar-refractivity contribution is 5.08. The van der Waals surface area contributed by atoms with Gasteiger partial charge in [0, 0.05) is 0 Å². The SMILES string of the molecule is C=CC[C@@H](O)c1ccc(C)o1. The van der Waals surface area contributed by atoms with Crippen molar-refractivity contribution in [2.24, 2.45) is 0 Å². The van der Waals surface area contributed by atoms with Crippen LogP contribution in [0.25, 0.3) is 0 Å². The fraction of sp³-hybridized carbons (Fsp3) is 0.333. The highest BCUT2D eigenvalue weighted by atomic mass is 16.4. The van der Waals surface area contributed by atoms with Crippen molar-refractivity contribution in [1.29, 1.82) is 0 Å². The van der Waals surface area contributed by atoms with Crippen molar-refractivity contribution in [2.45, 2.75) is 19.4 Å². The van der Waals surface area contributed by atoms with Crippen molar-refractivity contribution < 1.29 is 9.52 Å². The molecule has 0 radical (unpaired) electrons. The molecule has 0 saturated carbocycles. The largest absolute Gasteiger partial charge is 0.464 e. The summed E-state index contributed by atoms with van der Waals surface area (Å²) in [5.41, 5.74) is 0. The number of aryl methyl sites for hydroxylation is 1. The maximum Gasteiger partial charge on any atom is 0.132 e. The molecule has 1 heterocycles. The van der Waals surface area contributed by atoms with Crippen LogP contribution in [0.1, 0.15) is 24.0 Å². The minimum atomic E-state index is -0.541. The molecule has 2 nitrogen and oxygen atoms in total. The van der Waals surface area contributed by atoms with Gasteiger partial charge in [-0.2, -0.15) is 0 Å². The Morgan fingerprint density at radius 3 is 2.91 bits per heavy atom. The van der Waals surface area contributed by atoms with Gasteiger partial charge in [-0.25, -0.2) is 0 Å². The van der Waals surface area contributed by atoms with E-state index in [2.05, 4.69) is 6.58 Å². The molecule has 0 bridgehead atoms. The van der Waals surface area contributed by atoms with Crippen molar-refractivity contribution >= 4 is 0 Å². The topological polar surface area (TPSA) is 33.4 Å². The number of aliphatic hydroxyl groups excluding tert-OH is 1. The number of aliphatic hydroxyl groups is 1. The number of hydrogen-bond donors (Lipinski definition) is 1. The van der Waals surface area contributed by atoms with Crippen molar-refractivity contribution in [1.82, 2.24) is 0 Å². The highest BCUT2D eigenvalue weighted by Crippen LogP contribution is 2.18. The molecule has 0 fully saturated rings. The molecular formula is C9H12O2. The third-order valence-corrected chi connectivity index (χ3v) is 1.48. The van der Waals surface area contributed by atoms with Crippen molar-refractivity contribution in [2.75, 3.05) is 0 Å². The molecule has 60 valence electrons. The Bertz CT molecular complexity index is 237. The highest BCUT2D eigenvalue weighted by Gasteiger charge is 2.08. The maximum absolute atomic E-state index is 9.37. The van der Waals surface area contributed by atoms with Gasteiger partial charge in [-0.3, -0.25) is 0 Å². The number of furan rings is 1. The van der Waals surface area contributed by atoms with E-state index < -0.39 is 6.10 Å². The van der Waals surface area contributed by atoms with Crippen molar-refractivity contribution in [3.63, 3.8) is 0 Å². The summed E-state index contributed by atoms with van der Waals surface area (Å²) in [6.45, 7) is 5.38. The van der Waals surface area contributed by atoms with E-state index >= 15 is 0 Å². The second-order valence-corrected chi connectivity index (χ2v) is 2.49. The van der Waals surface area contributed by atoms with Gasteiger partial charge >= 0.3 is 0 Å². The predicted octanol–water partition coefficient (Wildman–Crippen LogP) is 2.20. The molecule has 11 heavy (non-hydrogen) atoms. The molecule has 0 saturated heterocycles. The summed E-state index contributed by atoms with van der Waals surface area (Å²) in [4.78, 5) is 0. The maximum atomic E-state index is 9.37. The van der Waals surface area contributed by atoms with Crippen LogP contribution in [0.4, 0.5) is 0 Å². The first-order valence-electron chi connectivity index (χ1n) is 3.59. The second kappa shape index (κ2) is 3.39. The van der Waals surface area contributed by atoms with Gasteiger partial charge in [0.15, 0.2) is 0 Å². The lowest BCUT2D eigenvalue weighted by Crippen LogP contribution is -1.92. The van der Waals surface area contributed by atoms with E-state index in [4.69, 9.17) is 4.42 Å². The van der Waals surface area contributed by atoms with Crippen LogP contribution in [-0.4, -0.2) is 5.11 Å². The van der Waals surface area contributed by atoms with Crippen molar-refractivity contribution in [3.8, 4) is 0 Å². The van der Waals surface area contributed by atoms with Crippen LogP contribution < -0.4 is 0 Å². The number of rotatable bonds is 3. The standard InChI is InChI=1S/C9H12O2/c1-3-4-8(10)9-6-5-7(2)11-9/h3,5-6,8,10H,1,4H2,2H3/t8-/m1/s1. The van der Waals surface area contributed by atoms with Crippen molar-refractivity contribution in [3.05, 3.63) is 36.3 Å². The molecule has 1 N–H and O–H groups in total. The first-order valence-corrected chi connectivity index (χ1v) is 3.59. The minimum absolute atomic E-state index is 0.535. The van der Waals surface area contributed by atoms with Crippen LogP contribution >= 0.6 is 0 Å². The predicted molar refractivity (Wildman–Crippen MR) is 43.2 cm³/mol. The molecule has 2 heteroatoms. The summed E-state index contributed by atoms with van der Waals surface area (Å²) in [6, 6.07) is 3.62. The molecule has 1 aromatic rings. The summed E-state index contributed by atoms with van der Waals surface area (Å²) in [5.74, 6) is 1.44. The van der Waals surface area contributed by atoms with Gasteiger partial charge in [0.2, 0.25) is 0 Å². The van der Waals surface area contributed by atoms with Gasteiger partial charge < -0.3 is 9.52 Å². The molecule has 1 rings (SSSR count). The van der Waals surface area contributed by atoms with Gasteiger partial charge in [0.1, 0.15) is 17.6 Å². The summed E-state index contributed by atoms with van der Waals surface area (Å²) in [7, 11) is 0. The average molecular weight is 152 g/mol. The van der Waals surface area contributed by atoms with Crippen LogP contribution in [0.5, 0.6) is 0 Å². The molecule has 0 aliphatic carbocycles. The van der Waals surface area contributed by atoms with E-state index in [0.717, 1.165) is 5.76 Å². The van der Waals surface area contributed by atoms with Gasteiger partial charge in [-0.15, -0.1) is 6.58 Å². The van der Waals surface area contributed by atoms with Crippen LogP contribution in [0, 0.1) is 6.92 Å². The fourth-order valence-electron chi connectivity index (χ4n) is 0.907. The van der Waals surface area contributed by atoms with E-state index in [1.807, 2.05) is 13.0 Å². The Morgan fingerprint density at radius 2 is 2.45 bits per heavy atom. The van der Waals surface area contributed by atoms with Gasteiger partial charge in [-0.05, 0) is 25.5 Å². The zero-order chi connectivity index (χ0) is 8.27. The third kappa shape index (κ3) is 1.95. The lowest BCUT2D eigenvalue weighted by atomic mass is 10.2. The zero-order valence-corrected chi connectivity index (χ0v) is 6.58. The molecule has 0 aliphatic rings.